The predicted octanol–water partition coefficient (Wildman–Crippen LogP) is 0.766. The topological polar surface area (TPSA) is 89.3 Å². The lowest BCUT2D eigenvalue weighted by atomic mass is 10.3. The van der Waals surface area contributed by atoms with E-state index in [2.05, 4.69) is 4.72 Å². The quantitative estimate of drug-likeness (QED) is 0.811. The van der Waals surface area contributed by atoms with E-state index in [9.17, 15) is 12.6 Å². The molecule has 0 aliphatic heterocycles. The molecule has 0 aliphatic carbocycles. The fourth-order valence-corrected chi connectivity index (χ4v) is 4.26. The summed E-state index contributed by atoms with van der Waals surface area (Å²) in [5, 5.41) is 1.58. The van der Waals surface area contributed by atoms with Crippen molar-refractivity contribution in [1.82, 2.24) is 4.72 Å². The maximum Gasteiger partial charge on any atom is 0.250 e. The molecular weight excluding hydrogens is 280 g/mol. The smallest absolute Gasteiger partial charge is 0.250 e. The first-order valence-electron chi connectivity index (χ1n) is 4.97. The number of nitrogen functional groups attached to an aromatic ring is 1. The molecule has 2 unspecified atom stereocenters. The van der Waals surface area contributed by atoms with Crippen LogP contribution in [-0.2, 0) is 20.8 Å². The van der Waals surface area contributed by atoms with Gasteiger partial charge in [-0.2, -0.15) is 0 Å². The summed E-state index contributed by atoms with van der Waals surface area (Å²) in [5.74, 6) is 0.482. The van der Waals surface area contributed by atoms with Crippen LogP contribution in [0.4, 0.5) is 5.69 Å². The summed E-state index contributed by atoms with van der Waals surface area (Å²) in [6.07, 6.45) is 2.14. The SMILES string of the molecule is CC(CCS(C)=O)NS(=O)(=O)c1cc(N)cs1. The maximum atomic E-state index is 11.9. The largest absolute Gasteiger partial charge is 0.398 e. The number of rotatable bonds is 6. The second-order valence-electron chi connectivity index (χ2n) is 3.79. The zero-order valence-electron chi connectivity index (χ0n) is 9.67. The molecular formula is C9H16N2O3S3. The van der Waals surface area contributed by atoms with E-state index in [-0.39, 0.29) is 10.3 Å². The molecule has 0 bridgehead atoms. The summed E-state index contributed by atoms with van der Waals surface area (Å²) >= 11 is 1.09. The van der Waals surface area contributed by atoms with Crippen LogP contribution in [-0.4, -0.2) is 30.7 Å². The molecule has 0 aliphatic rings. The fourth-order valence-electron chi connectivity index (χ4n) is 1.20. The Morgan fingerprint density at radius 2 is 2.24 bits per heavy atom. The van der Waals surface area contributed by atoms with Crippen molar-refractivity contribution >= 4 is 37.8 Å². The molecule has 98 valence electrons. The molecule has 3 N–H and O–H groups in total. The first-order valence-corrected chi connectivity index (χ1v) is 9.06. The normalized spacial score (nSPS) is 15.6. The summed E-state index contributed by atoms with van der Waals surface area (Å²) in [4.78, 5) is 0. The van der Waals surface area contributed by atoms with Crippen molar-refractivity contribution in [2.24, 2.45) is 0 Å². The molecule has 1 rings (SSSR count). The summed E-state index contributed by atoms with van der Waals surface area (Å²) in [7, 11) is -4.40. The van der Waals surface area contributed by atoms with Gasteiger partial charge in [-0.25, -0.2) is 13.1 Å². The highest BCUT2D eigenvalue weighted by atomic mass is 32.2. The zero-order chi connectivity index (χ0) is 13.1. The van der Waals surface area contributed by atoms with Crippen molar-refractivity contribution in [3.63, 3.8) is 0 Å². The lowest BCUT2D eigenvalue weighted by Crippen LogP contribution is -2.33. The molecule has 0 aromatic carbocycles. The number of nitrogens with one attached hydrogen (secondary N) is 1. The van der Waals surface area contributed by atoms with Crippen LogP contribution in [0.2, 0.25) is 0 Å². The van der Waals surface area contributed by atoms with Crippen LogP contribution in [0.15, 0.2) is 15.7 Å². The van der Waals surface area contributed by atoms with Gasteiger partial charge in [0.1, 0.15) is 4.21 Å². The molecule has 8 heteroatoms. The molecule has 5 nitrogen and oxygen atoms in total. The van der Waals surface area contributed by atoms with Crippen molar-refractivity contribution in [2.45, 2.75) is 23.6 Å². The third-order valence-corrected chi connectivity index (χ3v) is 5.91. The molecule has 0 saturated heterocycles. The Bertz CT molecular complexity index is 495. The van der Waals surface area contributed by atoms with Gasteiger partial charge in [-0.15, -0.1) is 11.3 Å². The molecule has 2 atom stereocenters. The third kappa shape index (κ3) is 4.74. The average Bonchev–Trinajstić information content (AvgIpc) is 2.62. The summed E-state index contributed by atoms with van der Waals surface area (Å²) in [6.45, 7) is 1.75. The number of nitrogens with two attached hydrogens (primary N) is 1. The third-order valence-electron chi connectivity index (χ3n) is 2.06. The maximum absolute atomic E-state index is 11.9. The van der Waals surface area contributed by atoms with E-state index in [0.717, 1.165) is 11.3 Å². The lowest BCUT2D eigenvalue weighted by molar-refractivity contribution is 0.557. The van der Waals surface area contributed by atoms with Crippen LogP contribution in [0, 0.1) is 0 Å². The average molecular weight is 296 g/mol. The van der Waals surface area contributed by atoms with Gasteiger partial charge < -0.3 is 5.73 Å². The Hall–Kier alpha value is -0.440. The van der Waals surface area contributed by atoms with Gasteiger partial charge in [-0.1, -0.05) is 0 Å². The Balaban J connectivity index is 2.64. The highest BCUT2D eigenvalue weighted by Crippen LogP contribution is 2.21. The van der Waals surface area contributed by atoms with E-state index in [1.807, 2.05) is 0 Å². The Morgan fingerprint density at radius 3 is 2.71 bits per heavy atom. The predicted molar refractivity (Wildman–Crippen MR) is 72.1 cm³/mol. The van der Waals surface area contributed by atoms with Gasteiger partial charge in [-0.05, 0) is 19.4 Å². The van der Waals surface area contributed by atoms with Crippen LogP contribution >= 0.6 is 11.3 Å². The summed E-state index contributed by atoms with van der Waals surface area (Å²) in [6, 6.07) is 1.18. The lowest BCUT2D eigenvalue weighted by Gasteiger charge is -2.12. The molecule has 0 saturated carbocycles. The van der Waals surface area contributed by atoms with Gasteiger partial charge >= 0.3 is 0 Å². The first kappa shape index (κ1) is 14.6. The molecule has 1 aromatic heterocycles. The number of anilines is 1. The van der Waals surface area contributed by atoms with Crippen molar-refractivity contribution in [1.29, 1.82) is 0 Å². The number of sulfonamides is 1. The Labute approximate surface area is 108 Å². The van der Waals surface area contributed by atoms with Crippen LogP contribution < -0.4 is 10.5 Å². The Morgan fingerprint density at radius 1 is 1.59 bits per heavy atom. The highest BCUT2D eigenvalue weighted by Gasteiger charge is 2.19. The van der Waals surface area contributed by atoms with Crippen LogP contribution in [0.3, 0.4) is 0 Å². The summed E-state index contributed by atoms with van der Waals surface area (Å²) < 4.78 is 37.4. The van der Waals surface area contributed by atoms with Crippen molar-refractivity contribution < 1.29 is 12.6 Å². The van der Waals surface area contributed by atoms with Crippen LogP contribution in [0.25, 0.3) is 0 Å². The van der Waals surface area contributed by atoms with E-state index in [1.54, 1.807) is 18.6 Å². The van der Waals surface area contributed by atoms with Gasteiger partial charge in [0.05, 0.1) is 0 Å². The number of hydrogen-bond donors (Lipinski definition) is 2. The number of hydrogen-bond acceptors (Lipinski definition) is 5. The highest BCUT2D eigenvalue weighted by molar-refractivity contribution is 7.91. The van der Waals surface area contributed by atoms with Gasteiger partial charge in [0.2, 0.25) is 10.0 Å². The van der Waals surface area contributed by atoms with Gasteiger partial charge in [0.15, 0.2) is 0 Å². The second-order valence-corrected chi connectivity index (χ2v) is 8.19. The van der Waals surface area contributed by atoms with E-state index in [1.165, 1.54) is 6.07 Å². The monoisotopic (exact) mass is 296 g/mol. The number of thiophene rings is 1. The van der Waals surface area contributed by atoms with E-state index in [0.29, 0.717) is 17.9 Å². The van der Waals surface area contributed by atoms with Gasteiger partial charge in [0, 0.05) is 39.9 Å². The minimum Gasteiger partial charge on any atom is -0.398 e. The molecule has 0 fully saturated rings. The molecule has 0 radical (unpaired) electrons. The van der Waals surface area contributed by atoms with Crippen LogP contribution in [0.5, 0.6) is 0 Å². The summed E-state index contributed by atoms with van der Waals surface area (Å²) in [5.41, 5.74) is 5.92. The molecule has 1 aromatic rings. The standard InChI is InChI=1S/C9H16N2O3S3/c1-7(3-4-16(2)12)11-17(13,14)9-5-8(10)6-15-9/h5-7,11H,3-4,10H2,1-2H3. The van der Waals surface area contributed by atoms with Crippen molar-refractivity contribution in [2.75, 3.05) is 17.7 Å². The fraction of sp³-hybridized carbons (Fsp3) is 0.556. The van der Waals surface area contributed by atoms with Gasteiger partial charge in [-0.3, -0.25) is 4.21 Å². The van der Waals surface area contributed by atoms with Gasteiger partial charge in [0.25, 0.3) is 0 Å². The van der Waals surface area contributed by atoms with Crippen molar-refractivity contribution in [3.05, 3.63) is 11.4 Å². The van der Waals surface area contributed by atoms with Crippen molar-refractivity contribution in [3.8, 4) is 0 Å². The molecule has 17 heavy (non-hydrogen) atoms. The Kier molecular flexibility index (Phi) is 5.11. The first-order chi connectivity index (χ1) is 7.81. The minimum absolute atomic E-state index is 0.208. The minimum atomic E-state index is -3.50. The second kappa shape index (κ2) is 5.94. The van der Waals surface area contributed by atoms with E-state index >= 15 is 0 Å². The zero-order valence-corrected chi connectivity index (χ0v) is 12.1. The van der Waals surface area contributed by atoms with Crippen LogP contribution in [0.1, 0.15) is 13.3 Å². The van der Waals surface area contributed by atoms with E-state index < -0.39 is 20.8 Å². The van der Waals surface area contributed by atoms with E-state index in [4.69, 9.17) is 5.73 Å². The molecule has 0 amide bonds. The molecule has 0 spiro atoms. The molecule has 1 heterocycles.